The van der Waals surface area contributed by atoms with Gasteiger partial charge in [0.15, 0.2) is 0 Å². The molecule has 7 nitrogen and oxygen atoms in total. The van der Waals surface area contributed by atoms with Crippen LogP contribution in [0.2, 0.25) is 0 Å². The van der Waals surface area contributed by atoms with Crippen molar-refractivity contribution >= 4 is 27.9 Å². The normalized spacial score (nSPS) is 14.2. The number of likely N-dealkylation sites (N-methyl/N-ethyl adjacent to an activating group) is 1. The maximum absolute atomic E-state index is 12.0. The van der Waals surface area contributed by atoms with E-state index in [4.69, 9.17) is 9.47 Å². The molecule has 25 heavy (non-hydrogen) atoms. The van der Waals surface area contributed by atoms with E-state index in [1.165, 1.54) is 0 Å². The highest BCUT2D eigenvalue weighted by molar-refractivity contribution is 9.10. The molecule has 1 heterocycles. The summed E-state index contributed by atoms with van der Waals surface area (Å²) in [5.41, 5.74) is 1.01. The molecule has 0 bridgehead atoms. The van der Waals surface area contributed by atoms with Crippen LogP contribution in [0.1, 0.15) is 6.92 Å². The number of carbonyl (C=O) groups excluding carboxylic acids is 2. The molecule has 0 radical (unpaired) electrons. The highest BCUT2D eigenvalue weighted by Gasteiger charge is 2.24. The molecule has 136 valence electrons. The Morgan fingerprint density at radius 3 is 2.72 bits per heavy atom. The van der Waals surface area contributed by atoms with Crippen molar-refractivity contribution in [2.45, 2.75) is 6.92 Å². The van der Waals surface area contributed by atoms with Gasteiger partial charge in [0.05, 0.1) is 18.7 Å². The number of amides is 2. The second-order valence-corrected chi connectivity index (χ2v) is 6.44. The topological polar surface area (TPSA) is 79.9 Å². The molecule has 0 atom stereocenters. The van der Waals surface area contributed by atoms with Crippen molar-refractivity contribution in [1.82, 2.24) is 15.5 Å². The van der Waals surface area contributed by atoms with E-state index >= 15 is 0 Å². The van der Waals surface area contributed by atoms with Crippen molar-refractivity contribution in [2.24, 2.45) is 0 Å². The Morgan fingerprint density at radius 1 is 1.32 bits per heavy atom. The number of hydrogen-bond donors (Lipinski definition) is 2. The van der Waals surface area contributed by atoms with Crippen LogP contribution in [0.25, 0.3) is 0 Å². The molecule has 0 saturated carbocycles. The smallest absolute Gasteiger partial charge is 0.337 e. The highest BCUT2D eigenvalue weighted by atomic mass is 79.9. The lowest BCUT2D eigenvalue weighted by atomic mass is 10.1. The number of esters is 1. The fourth-order valence-electron chi connectivity index (χ4n) is 2.28. The second-order valence-electron chi connectivity index (χ2n) is 5.53. The van der Waals surface area contributed by atoms with E-state index in [1.807, 2.05) is 36.2 Å². The van der Waals surface area contributed by atoms with Gasteiger partial charge in [-0.2, -0.15) is 0 Å². The Morgan fingerprint density at radius 2 is 2.04 bits per heavy atom. The standard InChI is InChI=1S/C17H22BrN3O4/c1-3-24-16(22)14-10-19-17(23)20-15(14)11-21(2)8-9-25-13-6-4-12(18)5-7-13/h4-7H,3,8-11H2,1-2H3,(H2,19,20,23). The average molecular weight is 412 g/mol. The molecule has 1 aliphatic rings. The summed E-state index contributed by atoms with van der Waals surface area (Å²) in [6.07, 6.45) is 0. The van der Waals surface area contributed by atoms with Gasteiger partial charge >= 0.3 is 12.0 Å². The van der Waals surface area contributed by atoms with Gasteiger partial charge in [-0.3, -0.25) is 4.90 Å². The summed E-state index contributed by atoms with van der Waals surface area (Å²) >= 11 is 3.38. The summed E-state index contributed by atoms with van der Waals surface area (Å²) in [5, 5.41) is 5.28. The van der Waals surface area contributed by atoms with Crippen LogP contribution in [0.5, 0.6) is 5.75 Å². The zero-order chi connectivity index (χ0) is 18.2. The van der Waals surface area contributed by atoms with Crippen LogP contribution in [-0.4, -0.2) is 56.8 Å². The van der Waals surface area contributed by atoms with E-state index < -0.39 is 5.97 Å². The number of halogens is 1. The number of ether oxygens (including phenoxy) is 2. The van der Waals surface area contributed by atoms with Crippen LogP contribution in [-0.2, 0) is 9.53 Å². The number of urea groups is 1. The fourth-order valence-corrected chi connectivity index (χ4v) is 2.54. The molecule has 0 aliphatic carbocycles. The lowest BCUT2D eigenvalue weighted by molar-refractivity contribution is -0.138. The summed E-state index contributed by atoms with van der Waals surface area (Å²) in [6.45, 7) is 3.76. The molecular weight excluding hydrogens is 390 g/mol. The molecule has 1 aromatic carbocycles. The van der Waals surface area contributed by atoms with Crippen LogP contribution in [0.3, 0.4) is 0 Å². The van der Waals surface area contributed by atoms with Gasteiger partial charge in [-0.05, 0) is 38.2 Å². The molecule has 0 saturated heterocycles. The maximum atomic E-state index is 12.0. The maximum Gasteiger partial charge on any atom is 0.337 e. The molecule has 0 aromatic heterocycles. The fraction of sp³-hybridized carbons (Fsp3) is 0.412. The van der Waals surface area contributed by atoms with Gasteiger partial charge in [0.2, 0.25) is 0 Å². The van der Waals surface area contributed by atoms with Gasteiger partial charge in [-0.15, -0.1) is 0 Å². The van der Waals surface area contributed by atoms with Crippen molar-refractivity contribution < 1.29 is 19.1 Å². The summed E-state index contributed by atoms with van der Waals surface area (Å²) in [4.78, 5) is 25.5. The summed E-state index contributed by atoms with van der Waals surface area (Å²) in [6, 6.07) is 7.29. The minimum Gasteiger partial charge on any atom is -0.492 e. The number of benzene rings is 1. The first kappa shape index (κ1) is 19.3. The zero-order valence-electron chi connectivity index (χ0n) is 14.3. The lowest BCUT2D eigenvalue weighted by Crippen LogP contribution is -2.46. The Bertz CT molecular complexity index is 646. The van der Waals surface area contributed by atoms with Gasteiger partial charge in [0.25, 0.3) is 0 Å². The van der Waals surface area contributed by atoms with Gasteiger partial charge in [-0.1, -0.05) is 15.9 Å². The predicted molar refractivity (Wildman–Crippen MR) is 97.3 cm³/mol. The van der Waals surface area contributed by atoms with Crippen LogP contribution >= 0.6 is 15.9 Å². The van der Waals surface area contributed by atoms with Gasteiger partial charge < -0.3 is 20.1 Å². The zero-order valence-corrected chi connectivity index (χ0v) is 15.9. The molecular formula is C17H22BrN3O4. The SMILES string of the molecule is CCOC(=O)C1=C(CN(C)CCOc2ccc(Br)cc2)NC(=O)NC1. The molecule has 8 heteroatoms. The van der Waals surface area contributed by atoms with Crippen molar-refractivity contribution in [3.05, 3.63) is 40.0 Å². The predicted octanol–water partition coefficient (Wildman–Crippen LogP) is 1.89. The van der Waals surface area contributed by atoms with E-state index in [-0.39, 0.29) is 12.6 Å². The molecule has 2 N–H and O–H groups in total. The summed E-state index contributed by atoms with van der Waals surface area (Å²) in [7, 11) is 1.90. The van der Waals surface area contributed by atoms with Crippen LogP contribution in [0.15, 0.2) is 40.0 Å². The third kappa shape index (κ3) is 6.06. The molecule has 1 aromatic rings. The van der Waals surface area contributed by atoms with Gasteiger partial charge in [0, 0.05) is 23.3 Å². The van der Waals surface area contributed by atoms with Crippen LogP contribution < -0.4 is 15.4 Å². The number of carbonyl (C=O) groups is 2. The lowest BCUT2D eigenvalue weighted by Gasteiger charge is -2.25. The molecule has 0 unspecified atom stereocenters. The summed E-state index contributed by atoms with van der Waals surface area (Å²) < 4.78 is 11.7. The Kier molecular flexibility index (Phi) is 7.27. The van der Waals surface area contributed by atoms with Crippen LogP contribution in [0.4, 0.5) is 4.79 Å². The second kappa shape index (κ2) is 9.43. The van der Waals surface area contributed by atoms with Gasteiger partial charge in [-0.25, -0.2) is 9.59 Å². The Labute approximate surface area is 155 Å². The minimum absolute atomic E-state index is 0.170. The van der Waals surface area contributed by atoms with E-state index in [2.05, 4.69) is 26.6 Å². The highest BCUT2D eigenvalue weighted by Crippen LogP contribution is 2.16. The largest absolute Gasteiger partial charge is 0.492 e. The van der Waals surface area contributed by atoms with E-state index in [0.717, 1.165) is 10.2 Å². The first-order chi connectivity index (χ1) is 12.0. The average Bonchev–Trinajstić information content (AvgIpc) is 2.57. The number of nitrogens with one attached hydrogen (secondary N) is 2. The monoisotopic (exact) mass is 411 g/mol. The first-order valence-corrected chi connectivity index (χ1v) is 8.79. The third-order valence-electron chi connectivity index (χ3n) is 3.56. The van der Waals surface area contributed by atoms with Gasteiger partial charge in [0.1, 0.15) is 12.4 Å². The molecule has 2 amide bonds. The first-order valence-electron chi connectivity index (χ1n) is 8.00. The minimum atomic E-state index is -0.412. The van der Waals surface area contributed by atoms with E-state index in [1.54, 1.807) is 6.92 Å². The third-order valence-corrected chi connectivity index (χ3v) is 4.09. The number of nitrogens with zero attached hydrogens (tertiary/aromatic N) is 1. The number of hydrogen-bond acceptors (Lipinski definition) is 5. The Hall–Kier alpha value is -2.06. The van der Waals surface area contributed by atoms with E-state index in [9.17, 15) is 9.59 Å². The Balaban J connectivity index is 1.89. The summed E-state index contributed by atoms with van der Waals surface area (Å²) in [5.74, 6) is 0.378. The molecule has 2 rings (SSSR count). The van der Waals surface area contributed by atoms with Crippen molar-refractivity contribution in [1.29, 1.82) is 0 Å². The van der Waals surface area contributed by atoms with E-state index in [0.29, 0.717) is 37.6 Å². The molecule has 0 spiro atoms. The van der Waals surface area contributed by atoms with Crippen LogP contribution in [0, 0.1) is 0 Å². The van der Waals surface area contributed by atoms with Crippen molar-refractivity contribution in [2.75, 3.05) is 39.9 Å². The number of rotatable bonds is 8. The molecule has 0 fully saturated rings. The molecule has 1 aliphatic heterocycles. The quantitative estimate of drug-likeness (QED) is 0.638. The van der Waals surface area contributed by atoms with Crippen molar-refractivity contribution in [3.8, 4) is 5.75 Å². The van der Waals surface area contributed by atoms with Crippen molar-refractivity contribution in [3.63, 3.8) is 0 Å².